The van der Waals surface area contributed by atoms with Gasteiger partial charge in [0.05, 0.1) is 17.7 Å². The fourth-order valence-corrected chi connectivity index (χ4v) is 2.71. The summed E-state index contributed by atoms with van der Waals surface area (Å²) in [5.74, 6) is -2.05. The van der Waals surface area contributed by atoms with Gasteiger partial charge in [0.1, 0.15) is 11.6 Å². The first-order valence-corrected chi connectivity index (χ1v) is 6.82. The minimum Gasteiger partial charge on any atom is -0.391 e. The summed E-state index contributed by atoms with van der Waals surface area (Å²) in [5.41, 5.74) is 0.0801. The van der Waals surface area contributed by atoms with E-state index in [1.807, 2.05) is 0 Å². The van der Waals surface area contributed by atoms with E-state index in [4.69, 9.17) is 0 Å². The van der Waals surface area contributed by atoms with Gasteiger partial charge in [-0.05, 0) is 31.4 Å². The van der Waals surface area contributed by atoms with Crippen molar-refractivity contribution in [3.63, 3.8) is 0 Å². The number of amides is 1. The minimum atomic E-state index is -0.866. The van der Waals surface area contributed by atoms with Crippen molar-refractivity contribution in [1.29, 1.82) is 0 Å². The predicted octanol–water partition coefficient (Wildman–Crippen LogP) is 2.65. The van der Waals surface area contributed by atoms with Crippen molar-refractivity contribution >= 4 is 5.91 Å². The van der Waals surface area contributed by atoms with Crippen molar-refractivity contribution < 1.29 is 18.7 Å². The van der Waals surface area contributed by atoms with Crippen molar-refractivity contribution in [3.05, 3.63) is 34.9 Å². The second-order valence-electron chi connectivity index (χ2n) is 5.42. The van der Waals surface area contributed by atoms with Crippen LogP contribution in [0.25, 0.3) is 0 Å². The van der Waals surface area contributed by atoms with Crippen LogP contribution in [0, 0.1) is 18.6 Å². The normalized spacial score (nSPS) is 22.6. The number of hydrogen-bond acceptors (Lipinski definition) is 2. The summed E-state index contributed by atoms with van der Waals surface area (Å²) in [6.07, 6.45) is 2.63. The fourth-order valence-electron chi connectivity index (χ4n) is 2.71. The number of aliphatic hydroxyl groups excluding tert-OH is 1. The van der Waals surface area contributed by atoms with E-state index in [0.717, 1.165) is 18.9 Å². The molecule has 2 atom stereocenters. The molecular weight excluding hydrogens is 264 g/mol. The number of nitrogens with zero attached hydrogens (tertiary/aromatic N) is 1. The Balaban J connectivity index is 2.24. The maximum Gasteiger partial charge on any atom is 0.256 e. The van der Waals surface area contributed by atoms with E-state index in [-0.39, 0.29) is 17.2 Å². The first-order chi connectivity index (χ1) is 9.41. The van der Waals surface area contributed by atoms with Gasteiger partial charge < -0.3 is 10.0 Å². The summed E-state index contributed by atoms with van der Waals surface area (Å²) in [7, 11) is 1.56. The lowest BCUT2D eigenvalue weighted by Crippen LogP contribution is -2.46. The predicted molar refractivity (Wildman–Crippen MR) is 71.5 cm³/mol. The fraction of sp³-hybridized carbons (Fsp3) is 0.533. The van der Waals surface area contributed by atoms with Crippen LogP contribution in [-0.4, -0.2) is 35.1 Å². The van der Waals surface area contributed by atoms with Crippen LogP contribution < -0.4 is 0 Å². The highest BCUT2D eigenvalue weighted by molar-refractivity contribution is 5.94. The van der Waals surface area contributed by atoms with Crippen LogP contribution in [0.15, 0.2) is 12.1 Å². The minimum absolute atomic E-state index is 0.149. The third-order valence-corrected chi connectivity index (χ3v) is 3.99. The molecule has 0 aliphatic heterocycles. The number of carbonyl (C=O) groups excluding carboxylic acids is 1. The Kier molecular flexibility index (Phi) is 4.38. The van der Waals surface area contributed by atoms with E-state index in [1.54, 1.807) is 7.05 Å². The van der Waals surface area contributed by atoms with Crippen molar-refractivity contribution in [2.75, 3.05) is 7.05 Å². The number of carbonyl (C=O) groups is 1. The highest BCUT2D eigenvalue weighted by atomic mass is 19.1. The molecule has 110 valence electrons. The van der Waals surface area contributed by atoms with Crippen LogP contribution in [0.5, 0.6) is 0 Å². The summed E-state index contributed by atoms with van der Waals surface area (Å²) in [5, 5.41) is 9.96. The SMILES string of the molecule is Cc1cc(C(=O)N(C)C2CCCCC2O)c(F)cc1F. The Hall–Kier alpha value is -1.49. The molecule has 1 amide bonds. The van der Waals surface area contributed by atoms with Crippen molar-refractivity contribution in [2.24, 2.45) is 0 Å². The van der Waals surface area contributed by atoms with Crippen LogP contribution in [0.2, 0.25) is 0 Å². The molecule has 1 saturated carbocycles. The van der Waals surface area contributed by atoms with Gasteiger partial charge in [0, 0.05) is 13.1 Å². The first-order valence-electron chi connectivity index (χ1n) is 6.82. The molecule has 2 unspecified atom stereocenters. The Morgan fingerprint density at radius 2 is 1.90 bits per heavy atom. The molecule has 20 heavy (non-hydrogen) atoms. The van der Waals surface area contributed by atoms with Crippen LogP contribution in [-0.2, 0) is 0 Å². The number of hydrogen-bond donors (Lipinski definition) is 1. The zero-order chi connectivity index (χ0) is 14.9. The van der Waals surface area contributed by atoms with Gasteiger partial charge in [0.15, 0.2) is 0 Å². The van der Waals surface area contributed by atoms with Crippen LogP contribution >= 0.6 is 0 Å². The lowest BCUT2D eigenvalue weighted by atomic mass is 9.91. The molecule has 1 aromatic carbocycles. The summed E-state index contributed by atoms with van der Waals surface area (Å²) in [4.78, 5) is 13.7. The molecular formula is C15H19F2NO2. The van der Waals surface area contributed by atoms with Crippen molar-refractivity contribution in [3.8, 4) is 0 Å². The van der Waals surface area contributed by atoms with Gasteiger partial charge >= 0.3 is 0 Å². The maximum atomic E-state index is 13.8. The standard InChI is InChI=1S/C15H19F2NO2/c1-9-7-10(12(17)8-11(9)16)15(20)18(2)13-5-3-4-6-14(13)19/h7-8,13-14,19H,3-6H2,1-2H3. The summed E-state index contributed by atoms with van der Waals surface area (Å²) >= 11 is 0. The van der Waals surface area contributed by atoms with E-state index in [9.17, 15) is 18.7 Å². The third kappa shape index (κ3) is 2.82. The lowest BCUT2D eigenvalue weighted by Gasteiger charge is -2.35. The molecule has 1 aliphatic carbocycles. The van der Waals surface area contributed by atoms with Gasteiger partial charge in [-0.25, -0.2) is 8.78 Å². The van der Waals surface area contributed by atoms with Crippen molar-refractivity contribution in [1.82, 2.24) is 4.90 Å². The quantitative estimate of drug-likeness (QED) is 0.906. The summed E-state index contributed by atoms with van der Waals surface area (Å²) in [6, 6.07) is 1.65. The second kappa shape index (κ2) is 5.87. The van der Waals surface area contributed by atoms with Gasteiger partial charge in [-0.1, -0.05) is 12.8 Å². The summed E-state index contributed by atoms with van der Waals surface area (Å²) in [6.45, 7) is 1.49. The van der Waals surface area contributed by atoms with Crippen LogP contribution in [0.1, 0.15) is 41.6 Å². The Morgan fingerprint density at radius 3 is 2.55 bits per heavy atom. The maximum absolute atomic E-state index is 13.8. The average Bonchev–Trinajstić information content (AvgIpc) is 2.42. The molecule has 3 nitrogen and oxygen atoms in total. The highest BCUT2D eigenvalue weighted by Crippen LogP contribution is 2.24. The van der Waals surface area contributed by atoms with Gasteiger partial charge in [0.2, 0.25) is 0 Å². The molecule has 5 heteroatoms. The van der Waals surface area contributed by atoms with Crippen LogP contribution in [0.3, 0.4) is 0 Å². The molecule has 0 saturated heterocycles. The monoisotopic (exact) mass is 283 g/mol. The molecule has 1 fully saturated rings. The van der Waals surface area contributed by atoms with Crippen LogP contribution in [0.4, 0.5) is 8.78 Å². The number of likely N-dealkylation sites (N-methyl/N-ethyl adjacent to an activating group) is 1. The molecule has 0 spiro atoms. The Labute approximate surface area is 117 Å². The molecule has 1 aromatic rings. The molecule has 0 radical (unpaired) electrons. The van der Waals surface area contributed by atoms with E-state index < -0.39 is 23.6 Å². The van der Waals surface area contributed by atoms with Gasteiger partial charge in [-0.15, -0.1) is 0 Å². The van der Waals surface area contributed by atoms with Gasteiger partial charge in [0.25, 0.3) is 5.91 Å². The number of benzene rings is 1. The Bertz CT molecular complexity index is 519. The third-order valence-electron chi connectivity index (χ3n) is 3.99. The average molecular weight is 283 g/mol. The first kappa shape index (κ1) is 14.9. The number of aryl methyl sites for hydroxylation is 1. The van der Waals surface area contributed by atoms with Gasteiger partial charge in [-0.2, -0.15) is 0 Å². The van der Waals surface area contributed by atoms with E-state index in [2.05, 4.69) is 0 Å². The molecule has 0 bridgehead atoms. The van der Waals surface area contributed by atoms with Gasteiger partial charge in [-0.3, -0.25) is 4.79 Å². The zero-order valence-electron chi connectivity index (χ0n) is 11.7. The van der Waals surface area contributed by atoms with E-state index in [0.29, 0.717) is 12.8 Å². The number of halogens is 2. The molecule has 2 rings (SSSR count). The topological polar surface area (TPSA) is 40.5 Å². The number of aliphatic hydroxyl groups is 1. The number of rotatable bonds is 2. The highest BCUT2D eigenvalue weighted by Gasteiger charge is 2.31. The smallest absolute Gasteiger partial charge is 0.256 e. The largest absolute Gasteiger partial charge is 0.391 e. The van der Waals surface area contributed by atoms with E-state index in [1.165, 1.54) is 17.9 Å². The molecule has 0 heterocycles. The lowest BCUT2D eigenvalue weighted by molar-refractivity contribution is 0.0265. The molecule has 1 N–H and O–H groups in total. The molecule has 1 aliphatic rings. The summed E-state index contributed by atoms with van der Waals surface area (Å²) < 4.78 is 27.0. The molecule has 0 aromatic heterocycles. The van der Waals surface area contributed by atoms with Crippen molar-refractivity contribution in [2.45, 2.75) is 44.8 Å². The zero-order valence-corrected chi connectivity index (χ0v) is 11.7. The second-order valence-corrected chi connectivity index (χ2v) is 5.42. The Morgan fingerprint density at radius 1 is 1.25 bits per heavy atom. The van der Waals surface area contributed by atoms with E-state index >= 15 is 0 Å².